The Kier molecular flexibility index (Phi) is 7.33. The maximum Gasteiger partial charge on any atom is 0.493 e. The van der Waals surface area contributed by atoms with E-state index in [9.17, 15) is 31.9 Å². The predicted octanol–water partition coefficient (Wildman–Crippen LogP) is 2.98. The van der Waals surface area contributed by atoms with Gasteiger partial charge < -0.3 is 20.4 Å². The molecular weight excluding hydrogens is 474 g/mol. The van der Waals surface area contributed by atoms with Crippen molar-refractivity contribution in [3.63, 3.8) is 0 Å². The molecule has 0 aliphatic carbocycles. The number of hydrogen-bond acceptors (Lipinski definition) is 6. The summed E-state index contributed by atoms with van der Waals surface area (Å²) in [4.78, 5) is 46.3. The standard InChI is InChI=1S/C19H16ClF4N5O4/c20-11-1-3-14(27-18(32)28-7-5-25-6-8-28)13(9-11)16(30)29(33-17(31)19(22,23)24)15-4-2-12(21)10-26-15/h1-4,9-10,25H,5-8H2,(H,27,32). The van der Waals surface area contributed by atoms with Gasteiger partial charge in [-0.2, -0.15) is 13.2 Å². The minimum absolute atomic E-state index is 0.00712. The van der Waals surface area contributed by atoms with Crippen LogP contribution < -0.4 is 15.7 Å². The second kappa shape index (κ2) is 10.0. The van der Waals surface area contributed by atoms with Crippen molar-refractivity contribution >= 4 is 41.0 Å². The summed E-state index contributed by atoms with van der Waals surface area (Å²) in [6, 6.07) is 4.74. The zero-order valence-corrected chi connectivity index (χ0v) is 17.4. The van der Waals surface area contributed by atoms with Crippen LogP contribution >= 0.6 is 11.6 Å². The smallest absolute Gasteiger partial charge is 0.323 e. The van der Waals surface area contributed by atoms with E-state index in [1.807, 2.05) is 0 Å². The Morgan fingerprint density at radius 2 is 1.85 bits per heavy atom. The third-order valence-corrected chi connectivity index (χ3v) is 4.60. The number of pyridine rings is 1. The molecule has 0 atom stereocenters. The first kappa shape index (κ1) is 24.2. The number of alkyl halides is 3. The van der Waals surface area contributed by atoms with Gasteiger partial charge in [0.15, 0.2) is 5.82 Å². The number of hydrogen-bond donors (Lipinski definition) is 2. The van der Waals surface area contributed by atoms with Gasteiger partial charge in [0.05, 0.1) is 17.4 Å². The van der Waals surface area contributed by atoms with E-state index in [1.165, 1.54) is 17.0 Å². The van der Waals surface area contributed by atoms with Crippen molar-refractivity contribution in [2.45, 2.75) is 6.18 Å². The van der Waals surface area contributed by atoms with Crippen LogP contribution in [-0.4, -0.2) is 60.1 Å². The normalized spacial score (nSPS) is 13.9. The molecule has 0 unspecified atom stereocenters. The number of piperazine rings is 1. The summed E-state index contributed by atoms with van der Waals surface area (Å²) in [5.41, 5.74) is -0.504. The Morgan fingerprint density at radius 1 is 1.15 bits per heavy atom. The van der Waals surface area contributed by atoms with Gasteiger partial charge in [-0.1, -0.05) is 11.6 Å². The highest BCUT2D eigenvalue weighted by molar-refractivity contribution is 6.31. The molecule has 14 heteroatoms. The van der Waals surface area contributed by atoms with Crippen LogP contribution in [0.15, 0.2) is 36.5 Å². The lowest BCUT2D eigenvalue weighted by molar-refractivity contribution is -0.200. The van der Waals surface area contributed by atoms with Gasteiger partial charge in [0.2, 0.25) is 0 Å². The van der Waals surface area contributed by atoms with Gasteiger partial charge >= 0.3 is 18.2 Å². The SMILES string of the molecule is O=C(Nc1ccc(Cl)cc1C(=O)N(OC(=O)C(F)(F)F)c1ccc(F)cn1)N1CCNCC1. The van der Waals surface area contributed by atoms with Gasteiger partial charge in [0.25, 0.3) is 5.91 Å². The molecule has 1 fully saturated rings. The van der Waals surface area contributed by atoms with Crippen LogP contribution in [0.3, 0.4) is 0 Å². The molecule has 0 saturated carbocycles. The van der Waals surface area contributed by atoms with Crippen LogP contribution in [-0.2, 0) is 9.63 Å². The number of aromatic nitrogens is 1. The van der Waals surface area contributed by atoms with Crippen molar-refractivity contribution in [2.75, 3.05) is 36.6 Å². The Morgan fingerprint density at radius 3 is 2.45 bits per heavy atom. The largest absolute Gasteiger partial charge is 0.493 e. The molecule has 2 heterocycles. The highest BCUT2D eigenvalue weighted by Gasteiger charge is 2.44. The Balaban J connectivity index is 1.95. The van der Waals surface area contributed by atoms with Crippen molar-refractivity contribution in [3.05, 3.63) is 52.9 Å². The van der Waals surface area contributed by atoms with E-state index in [0.717, 1.165) is 18.2 Å². The number of nitrogens with zero attached hydrogens (tertiary/aromatic N) is 3. The Hall–Kier alpha value is -3.45. The van der Waals surface area contributed by atoms with Crippen molar-refractivity contribution in [2.24, 2.45) is 0 Å². The Labute approximate surface area is 189 Å². The number of nitrogens with one attached hydrogen (secondary N) is 2. The number of rotatable bonds is 3. The van der Waals surface area contributed by atoms with Gasteiger partial charge in [-0.3, -0.25) is 4.79 Å². The fraction of sp³-hybridized carbons (Fsp3) is 0.263. The van der Waals surface area contributed by atoms with Crippen molar-refractivity contribution in [1.29, 1.82) is 0 Å². The molecule has 1 aromatic carbocycles. The minimum Gasteiger partial charge on any atom is -0.323 e. The predicted molar refractivity (Wildman–Crippen MR) is 108 cm³/mol. The van der Waals surface area contributed by atoms with Gasteiger partial charge in [-0.15, -0.1) is 5.06 Å². The van der Waals surface area contributed by atoms with Gasteiger partial charge in [-0.05, 0) is 30.3 Å². The first-order valence-electron chi connectivity index (χ1n) is 9.37. The van der Waals surface area contributed by atoms with Crippen LogP contribution in [0.2, 0.25) is 5.02 Å². The second-order valence-corrected chi connectivity index (χ2v) is 7.10. The number of hydroxylamine groups is 1. The number of urea groups is 1. The summed E-state index contributed by atoms with van der Waals surface area (Å²) < 4.78 is 51.6. The molecule has 33 heavy (non-hydrogen) atoms. The summed E-state index contributed by atoms with van der Waals surface area (Å²) >= 11 is 5.94. The molecule has 0 radical (unpaired) electrons. The number of halogens is 5. The van der Waals surface area contributed by atoms with Crippen molar-refractivity contribution in [1.82, 2.24) is 15.2 Å². The second-order valence-electron chi connectivity index (χ2n) is 6.67. The molecule has 9 nitrogen and oxygen atoms in total. The molecule has 1 aromatic heterocycles. The Bertz CT molecular complexity index is 1050. The molecule has 3 rings (SSSR count). The first-order chi connectivity index (χ1) is 15.6. The highest BCUT2D eigenvalue weighted by Crippen LogP contribution is 2.27. The molecule has 2 aromatic rings. The lowest BCUT2D eigenvalue weighted by atomic mass is 10.1. The molecule has 0 bridgehead atoms. The fourth-order valence-corrected chi connectivity index (χ4v) is 2.96. The van der Waals surface area contributed by atoms with Crippen molar-refractivity contribution in [3.8, 4) is 0 Å². The summed E-state index contributed by atoms with van der Waals surface area (Å²) in [5, 5.41) is 5.51. The van der Waals surface area contributed by atoms with Crippen LogP contribution in [0.1, 0.15) is 10.4 Å². The lowest BCUT2D eigenvalue weighted by Crippen LogP contribution is -2.48. The zero-order chi connectivity index (χ0) is 24.2. The van der Waals surface area contributed by atoms with E-state index in [2.05, 4.69) is 20.5 Å². The number of amides is 3. The average molecular weight is 490 g/mol. The van der Waals surface area contributed by atoms with E-state index in [1.54, 1.807) is 0 Å². The van der Waals surface area contributed by atoms with E-state index >= 15 is 0 Å². The minimum atomic E-state index is -5.44. The zero-order valence-electron chi connectivity index (χ0n) is 16.7. The molecule has 1 aliphatic rings. The van der Waals surface area contributed by atoms with Gasteiger partial charge in [-0.25, -0.2) is 19.0 Å². The summed E-state index contributed by atoms with van der Waals surface area (Å²) in [6.07, 6.45) is -4.83. The number of carbonyl (C=O) groups is 3. The van der Waals surface area contributed by atoms with E-state index in [-0.39, 0.29) is 15.8 Å². The lowest BCUT2D eigenvalue weighted by Gasteiger charge is -2.28. The highest BCUT2D eigenvalue weighted by atomic mass is 35.5. The topological polar surface area (TPSA) is 104 Å². The van der Waals surface area contributed by atoms with E-state index in [0.29, 0.717) is 32.4 Å². The maximum atomic E-state index is 13.2. The van der Waals surface area contributed by atoms with Gasteiger partial charge in [0.1, 0.15) is 5.82 Å². The first-order valence-corrected chi connectivity index (χ1v) is 9.75. The van der Waals surface area contributed by atoms with Crippen molar-refractivity contribution < 1.29 is 36.8 Å². The van der Waals surface area contributed by atoms with E-state index in [4.69, 9.17) is 11.6 Å². The van der Waals surface area contributed by atoms with Crippen LogP contribution in [0.5, 0.6) is 0 Å². The average Bonchev–Trinajstić information content (AvgIpc) is 2.78. The summed E-state index contributed by atoms with van der Waals surface area (Å²) in [7, 11) is 0. The van der Waals surface area contributed by atoms with Crippen LogP contribution in [0.25, 0.3) is 0 Å². The molecule has 0 spiro atoms. The van der Waals surface area contributed by atoms with E-state index < -0.39 is 41.3 Å². The van der Waals surface area contributed by atoms with Crippen LogP contribution in [0.4, 0.5) is 33.9 Å². The molecule has 2 N–H and O–H groups in total. The molecule has 3 amide bonds. The fourth-order valence-electron chi connectivity index (χ4n) is 2.79. The molecular formula is C19H16ClF4N5O4. The third kappa shape index (κ3) is 6.08. The van der Waals surface area contributed by atoms with Gasteiger partial charge in [0, 0.05) is 31.2 Å². The quantitative estimate of drug-likeness (QED) is 0.507. The monoisotopic (exact) mass is 489 g/mol. The molecule has 1 aliphatic heterocycles. The van der Waals surface area contributed by atoms with Crippen LogP contribution in [0, 0.1) is 5.82 Å². The number of carbonyl (C=O) groups excluding carboxylic acids is 3. The molecule has 176 valence electrons. The third-order valence-electron chi connectivity index (χ3n) is 4.37. The number of anilines is 2. The summed E-state index contributed by atoms with van der Waals surface area (Å²) in [6.45, 7) is 1.88. The number of benzene rings is 1. The molecule has 1 saturated heterocycles. The summed E-state index contributed by atoms with van der Waals surface area (Å²) in [5.74, 6) is -5.49. The maximum absolute atomic E-state index is 13.2.